The average molecular weight is 312 g/mol. The summed E-state index contributed by atoms with van der Waals surface area (Å²) >= 11 is 0. The molecule has 22 heavy (non-hydrogen) atoms. The van der Waals surface area contributed by atoms with Crippen LogP contribution in [0.3, 0.4) is 0 Å². The molecule has 0 unspecified atom stereocenters. The van der Waals surface area contributed by atoms with E-state index < -0.39 is 11.8 Å². The second-order valence-electron chi connectivity index (χ2n) is 5.66. The topological polar surface area (TPSA) is 84.4 Å². The molecule has 0 saturated carbocycles. The summed E-state index contributed by atoms with van der Waals surface area (Å²) < 4.78 is 0. The van der Waals surface area contributed by atoms with Crippen LogP contribution in [0, 0.1) is 0 Å². The number of hydrogen-bond donors (Lipinski definition) is 1. The zero-order valence-corrected chi connectivity index (χ0v) is 13.0. The molecule has 3 amide bonds. The largest absolute Gasteiger partial charge is 0.395 e. The minimum Gasteiger partial charge on any atom is -0.395 e. The molecule has 8 heteroatoms. The fraction of sp³-hybridized carbons (Fsp3) is 0.786. The molecule has 0 aromatic rings. The highest BCUT2D eigenvalue weighted by Gasteiger charge is 2.31. The second-order valence-corrected chi connectivity index (χ2v) is 5.66. The van der Waals surface area contributed by atoms with Gasteiger partial charge in [-0.05, 0) is 0 Å². The molecule has 1 N–H and O–H groups in total. The quantitative estimate of drug-likeness (QED) is 0.586. The third-order valence-corrected chi connectivity index (χ3v) is 4.27. The molecule has 2 aliphatic rings. The van der Waals surface area contributed by atoms with E-state index in [0.717, 1.165) is 0 Å². The summed E-state index contributed by atoms with van der Waals surface area (Å²) in [5.41, 5.74) is 0. The summed E-state index contributed by atoms with van der Waals surface area (Å²) in [5, 5.41) is 8.90. The maximum Gasteiger partial charge on any atom is 0.312 e. The van der Waals surface area contributed by atoms with Gasteiger partial charge >= 0.3 is 11.8 Å². The first-order chi connectivity index (χ1) is 10.5. The summed E-state index contributed by atoms with van der Waals surface area (Å²) in [5.74, 6) is -0.933. The first-order valence-electron chi connectivity index (χ1n) is 7.70. The van der Waals surface area contributed by atoms with Gasteiger partial charge in [0.15, 0.2) is 0 Å². The highest BCUT2D eigenvalue weighted by atomic mass is 16.3. The summed E-state index contributed by atoms with van der Waals surface area (Å²) in [4.78, 5) is 42.6. The van der Waals surface area contributed by atoms with Crippen molar-refractivity contribution in [3.8, 4) is 0 Å². The maximum atomic E-state index is 12.3. The van der Waals surface area contributed by atoms with E-state index in [-0.39, 0.29) is 12.5 Å². The summed E-state index contributed by atoms with van der Waals surface area (Å²) in [6, 6.07) is 0. The van der Waals surface area contributed by atoms with Crippen LogP contribution < -0.4 is 0 Å². The van der Waals surface area contributed by atoms with E-state index in [4.69, 9.17) is 5.11 Å². The molecule has 2 fully saturated rings. The lowest BCUT2D eigenvalue weighted by Crippen LogP contribution is -2.57. The van der Waals surface area contributed by atoms with Crippen LogP contribution in [-0.4, -0.2) is 108 Å². The highest BCUT2D eigenvalue weighted by molar-refractivity contribution is 6.34. The molecule has 0 aromatic carbocycles. The van der Waals surface area contributed by atoms with E-state index in [1.807, 2.05) is 0 Å². The normalized spacial score (nSPS) is 20.2. The van der Waals surface area contributed by atoms with E-state index in [1.165, 1.54) is 11.8 Å². The van der Waals surface area contributed by atoms with Crippen LogP contribution in [0.2, 0.25) is 0 Å². The minimum atomic E-state index is -0.473. The monoisotopic (exact) mass is 312 g/mol. The number of hydrogen-bond acceptors (Lipinski definition) is 5. The van der Waals surface area contributed by atoms with Crippen molar-refractivity contribution in [1.29, 1.82) is 0 Å². The first kappa shape index (κ1) is 16.7. The predicted molar refractivity (Wildman–Crippen MR) is 78.9 cm³/mol. The Labute approximate surface area is 130 Å². The Kier molecular flexibility index (Phi) is 5.73. The first-order valence-corrected chi connectivity index (χ1v) is 7.70. The van der Waals surface area contributed by atoms with Crippen molar-refractivity contribution in [2.45, 2.75) is 6.92 Å². The molecule has 0 atom stereocenters. The van der Waals surface area contributed by atoms with Crippen molar-refractivity contribution >= 4 is 17.7 Å². The molecule has 2 heterocycles. The van der Waals surface area contributed by atoms with Crippen molar-refractivity contribution in [3.05, 3.63) is 0 Å². The van der Waals surface area contributed by atoms with Gasteiger partial charge in [0, 0.05) is 65.8 Å². The van der Waals surface area contributed by atoms with Gasteiger partial charge in [-0.2, -0.15) is 0 Å². The van der Waals surface area contributed by atoms with Crippen molar-refractivity contribution in [2.75, 3.05) is 65.5 Å². The number of rotatable bonds is 2. The van der Waals surface area contributed by atoms with Crippen LogP contribution in [0.4, 0.5) is 0 Å². The van der Waals surface area contributed by atoms with Gasteiger partial charge in [0.1, 0.15) is 0 Å². The van der Waals surface area contributed by atoms with Crippen molar-refractivity contribution in [2.24, 2.45) is 0 Å². The molecule has 124 valence electrons. The molecule has 0 radical (unpaired) electrons. The molecule has 8 nitrogen and oxygen atoms in total. The molecule has 2 aliphatic heterocycles. The fourth-order valence-electron chi connectivity index (χ4n) is 2.81. The molecule has 0 bridgehead atoms. The van der Waals surface area contributed by atoms with Crippen LogP contribution in [0.25, 0.3) is 0 Å². The number of amides is 3. The van der Waals surface area contributed by atoms with Crippen LogP contribution in [0.15, 0.2) is 0 Å². The average Bonchev–Trinajstić information content (AvgIpc) is 2.54. The van der Waals surface area contributed by atoms with Gasteiger partial charge in [0.05, 0.1) is 6.61 Å². The van der Waals surface area contributed by atoms with Gasteiger partial charge in [0.2, 0.25) is 5.91 Å². The number of β-amino-alcohol motifs (C(OH)–C–C–N with tert-alkyl or cyclic N) is 1. The Morgan fingerprint density at radius 2 is 1.18 bits per heavy atom. The number of carbonyl (C=O) groups is 3. The van der Waals surface area contributed by atoms with Crippen LogP contribution in [-0.2, 0) is 14.4 Å². The molecule has 2 rings (SSSR count). The zero-order valence-electron chi connectivity index (χ0n) is 13.0. The Morgan fingerprint density at radius 3 is 1.59 bits per heavy atom. The van der Waals surface area contributed by atoms with Crippen LogP contribution in [0.5, 0.6) is 0 Å². The summed E-state index contributed by atoms with van der Waals surface area (Å²) in [7, 11) is 0. The number of carbonyl (C=O) groups excluding carboxylic acids is 3. The van der Waals surface area contributed by atoms with Gasteiger partial charge in [-0.1, -0.05) is 0 Å². The molecule has 0 aromatic heterocycles. The van der Waals surface area contributed by atoms with E-state index in [9.17, 15) is 14.4 Å². The van der Waals surface area contributed by atoms with Crippen LogP contribution in [0.1, 0.15) is 6.92 Å². The number of piperazine rings is 2. The smallest absolute Gasteiger partial charge is 0.312 e. The summed E-state index contributed by atoms with van der Waals surface area (Å²) in [6.45, 7) is 6.39. The second kappa shape index (κ2) is 7.55. The fourth-order valence-corrected chi connectivity index (χ4v) is 2.81. The number of aliphatic hydroxyl groups excluding tert-OH is 1. The minimum absolute atomic E-state index is 0.00145. The third-order valence-electron chi connectivity index (χ3n) is 4.27. The molecular formula is C14H24N4O4. The Morgan fingerprint density at radius 1 is 0.773 bits per heavy atom. The Bertz CT molecular complexity index is 427. The SMILES string of the molecule is CC(=O)N1CCN(C(=O)C(=O)N2CCN(CCO)CC2)CC1. The molecule has 0 spiro atoms. The Hall–Kier alpha value is -1.67. The molecule has 2 saturated heterocycles. The summed E-state index contributed by atoms with van der Waals surface area (Å²) in [6.07, 6.45) is 0. The van der Waals surface area contributed by atoms with Gasteiger partial charge < -0.3 is 19.8 Å². The number of aliphatic hydroxyl groups is 1. The number of nitrogens with zero attached hydrogens (tertiary/aromatic N) is 4. The van der Waals surface area contributed by atoms with Crippen LogP contribution >= 0.6 is 0 Å². The lowest BCUT2D eigenvalue weighted by molar-refractivity contribution is -0.154. The maximum absolute atomic E-state index is 12.3. The third kappa shape index (κ3) is 3.95. The molecule has 0 aliphatic carbocycles. The van der Waals surface area contributed by atoms with Crippen molar-refractivity contribution in [3.63, 3.8) is 0 Å². The van der Waals surface area contributed by atoms with Gasteiger partial charge in [-0.3, -0.25) is 19.3 Å². The standard InChI is InChI=1S/C14H24N4O4/c1-12(20)16-6-8-18(9-7-16)14(22)13(21)17-4-2-15(3-5-17)10-11-19/h19H,2-11H2,1H3. The Balaban J connectivity index is 1.81. The van der Waals surface area contributed by atoms with Gasteiger partial charge in [-0.15, -0.1) is 0 Å². The molecular weight excluding hydrogens is 288 g/mol. The predicted octanol–water partition coefficient (Wildman–Crippen LogP) is -2.19. The lowest BCUT2D eigenvalue weighted by atomic mass is 10.2. The lowest BCUT2D eigenvalue weighted by Gasteiger charge is -2.37. The highest BCUT2D eigenvalue weighted by Crippen LogP contribution is 2.07. The van der Waals surface area contributed by atoms with E-state index in [0.29, 0.717) is 58.9 Å². The zero-order chi connectivity index (χ0) is 16.1. The van der Waals surface area contributed by atoms with E-state index in [1.54, 1.807) is 9.80 Å². The van der Waals surface area contributed by atoms with E-state index >= 15 is 0 Å². The van der Waals surface area contributed by atoms with E-state index in [2.05, 4.69) is 4.90 Å². The van der Waals surface area contributed by atoms with Crippen molar-refractivity contribution < 1.29 is 19.5 Å². The van der Waals surface area contributed by atoms with Gasteiger partial charge in [-0.25, -0.2) is 0 Å². The van der Waals surface area contributed by atoms with Crippen molar-refractivity contribution in [1.82, 2.24) is 19.6 Å². The van der Waals surface area contributed by atoms with Gasteiger partial charge in [0.25, 0.3) is 0 Å².